The molecule has 27 heavy (non-hydrogen) atoms. The molecule has 0 radical (unpaired) electrons. The van der Waals surface area contributed by atoms with Crippen LogP contribution in [-0.4, -0.2) is 18.0 Å². The molecule has 2 amide bonds. The van der Waals surface area contributed by atoms with Crippen molar-refractivity contribution in [1.29, 1.82) is 0 Å². The Morgan fingerprint density at radius 2 is 1.67 bits per heavy atom. The summed E-state index contributed by atoms with van der Waals surface area (Å²) in [7, 11) is 0. The van der Waals surface area contributed by atoms with Crippen molar-refractivity contribution in [2.45, 2.75) is 13.8 Å². The Kier molecular flexibility index (Phi) is 5.78. The average Bonchev–Trinajstić information content (AvgIpc) is 3.07. The molecular formula is C21H19N3O2S. The molecule has 0 aliphatic carbocycles. The van der Waals surface area contributed by atoms with Gasteiger partial charge in [0, 0.05) is 21.7 Å². The summed E-state index contributed by atoms with van der Waals surface area (Å²) in [4.78, 5) is 25.5. The lowest BCUT2D eigenvalue weighted by Crippen LogP contribution is -2.18. The molecule has 1 aromatic heterocycles. The van der Waals surface area contributed by atoms with Crippen LogP contribution in [0.25, 0.3) is 0 Å². The lowest BCUT2D eigenvalue weighted by atomic mass is 10.1. The fraction of sp³-hybridized carbons (Fsp3) is 0.0952. The summed E-state index contributed by atoms with van der Waals surface area (Å²) in [6.07, 6.45) is 1.63. The number of carbonyl (C=O) groups is 2. The van der Waals surface area contributed by atoms with Gasteiger partial charge in [-0.25, -0.2) is 5.43 Å². The first kappa shape index (κ1) is 18.5. The average molecular weight is 377 g/mol. The number of benzene rings is 2. The molecule has 3 rings (SSSR count). The third-order valence-electron chi connectivity index (χ3n) is 4.04. The first-order valence-electron chi connectivity index (χ1n) is 8.39. The van der Waals surface area contributed by atoms with Crippen LogP contribution in [0.15, 0.2) is 65.1 Å². The molecule has 6 heteroatoms. The minimum absolute atomic E-state index is 0.179. The maximum absolute atomic E-state index is 12.3. The predicted octanol–water partition coefficient (Wildman–Crippen LogP) is 4.38. The highest BCUT2D eigenvalue weighted by molar-refractivity contribution is 7.11. The molecule has 0 saturated heterocycles. The van der Waals surface area contributed by atoms with Gasteiger partial charge < -0.3 is 5.32 Å². The summed E-state index contributed by atoms with van der Waals surface area (Å²) in [5, 5.41) is 8.80. The normalized spacial score (nSPS) is 10.7. The van der Waals surface area contributed by atoms with Gasteiger partial charge in [0.1, 0.15) is 0 Å². The molecule has 1 heterocycles. The van der Waals surface area contributed by atoms with Crippen LogP contribution >= 0.6 is 11.3 Å². The topological polar surface area (TPSA) is 70.6 Å². The lowest BCUT2D eigenvalue weighted by molar-refractivity contribution is 0.0954. The molecule has 2 N–H and O–H groups in total. The number of carbonyl (C=O) groups excluding carboxylic acids is 2. The molecule has 0 saturated carbocycles. The Morgan fingerprint density at radius 1 is 0.926 bits per heavy atom. The Bertz CT molecular complexity index is 991. The van der Waals surface area contributed by atoms with Gasteiger partial charge in [-0.15, -0.1) is 11.3 Å². The monoisotopic (exact) mass is 377 g/mol. The first-order valence-corrected chi connectivity index (χ1v) is 9.27. The van der Waals surface area contributed by atoms with Crippen molar-refractivity contribution in [3.05, 3.63) is 87.1 Å². The maximum atomic E-state index is 12.3. The van der Waals surface area contributed by atoms with Gasteiger partial charge in [0.2, 0.25) is 0 Å². The van der Waals surface area contributed by atoms with E-state index in [4.69, 9.17) is 0 Å². The number of aryl methyl sites for hydroxylation is 2. The number of hydrazone groups is 1. The van der Waals surface area contributed by atoms with Gasteiger partial charge in [0.25, 0.3) is 11.8 Å². The van der Waals surface area contributed by atoms with Crippen LogP contribution in [0.4, 0.5) is 5.69 Å². The molecule has 0 atom stereocenters. The summed E-state index contributed by atoms with van der Waals surface area (Å²) >= 11 is 1.56. The van der Waals surface area contributed by atoms with Gasteiger partial charge in [-0.05, 0) is 66.8 Å². The van der Waals surface area contributed by atoms with E-state index in [0.717, 1.165) is 16.0 Å². The van der Waals surface area contributed by atoms with Crippen molar-refractivity contribution in [2.24, 2.45) is 5.10 Å². The van der Waals surface area contributed by atoms with E-state index in [1.807, 2.05) is 43.5 Å². The SMILES string of the molecule is Cc1ccccc1C(=O)Nc1ccc(C(=O)NN=Cc2sccc2C)cc1. The van der Waals surface area contributed by atoms with E-state index >= 15 is 0 Å². The van der Waals surface area contributed by atoms with E-state index in [0.29, 0.717) is 16.8 Å². The Hall–Kier alpha value is -3.25. The fourth-order valence-corrected chi connectivity index (χ4v) is 3.25. The molecule has 0 aliphatic heterocycles. The van der Waals surface area contributed by atoms with E-state index in [-0.39, 0.29) is 11.8 Å². The highest BCUT2D eigenvalue weighted by Gasteiger charge is 2.09. The van der Waals surface area contributed by atoms with Crippen molar-refractivity contribution < 1.29 is 9.59 Å². The number of nitrogens with one attached hydrogen (secondary N) is 2. The fourth-order valence-electron chi connectivity index (χ4n) is 2.46. The van der Waals surface area contributed by atoms with E-state index in [2.05, 4.69) is 15.8 Å². The summed E-state index contributed by atoms with van der Waals surface area (Å²) < 4.78 is 0. The Labute approximate surface area is 161 Å². The van der Waals surface area contributed by atoms with Gasteiger partial charge in [0.15, 0.2) is 0 Å². The second-order valence-electron chi connectivity index (χ2n) is 6.01. The first-order chi connectivity index (χ1) is 13.0. The number of hydrogen-bond donors (Lipinski definition) is 2. The second-order valence-corrected chi connectivity index (χ2v) is 6.96. The minimum atomic E-state index is -0.308. The second kappa shape index (κ2) is 8.42. The molecule has 0 fully saturated rings. The van der Waals surface area contributed by atoms with Gasteiger partial charge in [-0.1, -0.05) is 18.2 Å². The molecule has 5 nitrogen and oxygen atoms in total. The molecule has 0 aliphatic rings. The van der Waals surface area contributed by atoms with E-state index in [1.54, 1.807) is 47.9 Å². The number of nitrogens with zero attached hydrogens (tertiary/aromatic N) is 1. The molecular weight excluding hydrogens is 358 g/mol. The number of thiophene rings is 1. The van der Waals surface area contributed by atoms with Gasteiger partial charge in [-0.2, -0.15) is 5.10 Å². The zero-order valence-corrected chi connectivity index (χ0v) is 15.8. The van der Waals surface area contributed by atoms with Crippen LogP contribution in [0.2, 0.25) is 0 Å². The summed E-state index contributed by atoms with van der Waals surface area (Å²) in [5.74, 6) is -0.488. The predicted molar refractivity (Wildman–Crippen MR) is 110 cm³/mol. The smallest absolute Gasteiger partial charge is 0.271 e. The number of hydrogen-bond acceptors (Lipinski definition) is 4. The Morgan fingerprint density at radius 3 is 2.33 bits per heavy atom. The van der Waals surface area contributed by atoms with Crippen molar-refractivity contribution in [1.82, 2.24) is 5.43 Å². The highest BCUT2D eigenvalue weighted by atomic mass is 32.1. The zero-order valence-electron chi connectivity index (χ0n) is 15.0. The van der Waals surface area contributed by atoms with Crippen molar-refractivity contribution in [3.63, 3.8) is 0 Å². The van der Waals surface area contributed by atoms with Crippen LogP contribution in [0.3, 0.4) is 0 Å². The third-order valence-corrected chi connectivity index (χ3v) is 5.00. The summed E-state index contributed by atoms with van der Waals surface area (Å²) in [5.41, 5.74) is 6.24. The molecule has 0 unspecified atom stereocenters. The quantitative estimate of drug-likeness (QED) is 0.512. The third kappa shape index (κ3) is 4.68. The molecule has 3 aromatic rings. The molecule has 136 valence electrons. The standard InChI is InChI=1S/C21H19N3O2S/c1-14-5-3-4-6-18(14)21(26)23-17-9-7-16(8-10-17)20(25)24-22-13-19-15(2)11-12-27-19/h3-13H,1-2H3,(H,23,26)(H,24,25). The van der Waals surface area contributed by atoms with Gasteiger partial charge in [-0.3, -0.25) is 9.59 Å². The largest absolute Gasteiger partial charge is 0.322 e. The number of rotatable bonds is 5. The lowest BCUT2D eigenvalue weighted by Gasteiger charge is -2.08. The highest BCUT2D eigenvalue weighted by Crippen LogP contribution is 2.14. The molecule has 2 aromatic carbocycles. The van der Waals surface area contributed by atoms with Crippen molar-refractivity contribution in [2.75, 3.05) is 5.32 Å². The van der Waals surface area contributed by atoms with Crippen LogP contribution in [0.5, 0.6) is 0 Å². The van der Waals surface area contributed by atoms with Crippen LogP contribution in [0, 0.1) is 13.8 Å². The zero-order chi connectivity index (χ0) is 19.2. The van der Waals surface area contributed by atoms with Crippen LogP contribution in [0.1, 0.15) is 36.7 Å². The molecule has 0 spiro atoms. The van der Waals surface area contributed by atoms with Gasteiger partial charge >= 0.3 is 0 Å². The van der Waals surface area contributed by atoms with Crippen LogP contribution in [-0.2, 0) is 0 Å². The maximum Gasteiger partial charge on any atom is 0.271 e. The number of anilines is 1. The summed E-state index contributed by atoms with van der Waals surface area (Å²) in [6.45, 7) is 3.88. The van der Waals surface area contributed by atoms with E-state index in [1.165, 1.54) is 0 Å². The van der Waals surface area contributed by atoms with E-state index < -0.39 is 0 Å². The Balaban J connectivity index is 1.60. The van der Waals surface area contributed by atoms with E-state index in [9.17, 15) is 9.59 Å². The minimum Gasteiger partial charge on any atom is -0.322 e. The van der Waals surface area contributed by atoms with Gasteiger partial charge in [0.05, 0.1) is 6.21 Å². The van der Waals surface area contributed by atoms with Crippen LogP contribution < -0.4 is 10.7 Å². The summed E-state index contributed by atoms with van der Waals surface area (Å²) in [6, 6.07) is 16.1. The number of amides is 2. The van der Waals surface area contributed by atoms with Crippen molar-refractivity contribution in [3.8, 4) is 0 Å². The molecule has 0 bridgehead atoms. The van der Waals surface area contributed by atoms with Crippen molar-refractivity contribution >= 4 is 35.1 Å².